The summed E-state index contributed by atoms with van der Waals surface area (Å²) in [6, 6.07) is 10.8. The van der Waals surface area contributed by atoms with E-state index in [2.05, 4.69) is 20.7 Å². The third kappa shape index (κ3) is 3.76. The summed E-state index contributed by atoms with van der Waals surface area (Å²) in [5.41, 5.74) is 0.106. The average Bonchev–Trinajstić information content (AvgIpc) is 3.12. The van der Waals surface area contributed by atoms with E-state index >= 15 is 0 Å². The maximum Gasteiger partial charge on any atom is 0.400 e. The first-order valence-electron chi connectivity index (χ1n) is 7.15. The van der Waals surface area contributed by atoms with E-state index in [1.165, 1.54) is 37.4 Å². The summed E-state index contributed by atoms with van der Waals surface area (Å²) in [6.07, 6.45) is 0. The lowest BCUT2D eigenvalue weighted by atomic mass is 10.2. The molecule has 0 N–H and O–H groups in total. The molecule has 0 aliphatic rings. The zero-order valence-corrected chi connectivity index (χ0v) is 15.7. The first-order valence-corrected chi connectivity index (χ1v) is 9.39. The summed E-state index contributed by atoms with van der Waals surface area (Å²) in [4.78, 5) is 2.95. The average molecular weight is 434 g/mol. The monoisotopic (exact) mass is 433 g/mol. The van der Waals surface area contributed by atoms with Crippen LogP contribution >= 0.6 is 23.2 Å². The number of hydrogen-bond donors (Lipinski definition) is 0. The first-order chi connectivity index (χ1) is 12.6. The molecule has 0 saturated carbocycles. The van der Waals surface area contributed by atoms with Gasteiger partial charge in [-0.25, -0.2) is 8.42 Å². The van der Waals surface area contributed by atoms with Crippen LogP contribution in [0, 0.1) is 6.07 Å². The third-order valence-corrected chi connectivity index (χ3v) is 5.77. The van der Waals surface area contributed by atoms with Gasteiger partial charge in [0.25, 0.3) is 0 Å². The summed E-state index contributed by atoms with van der Waals surface area (Å²) >= 11 is 10.9. The van der Waals surface area contributed by atoms with Gasteiger partial charge in [-0.05, 0) is 29.8 Å². The first kappa shape index (κ1) is 19.5. The molecular formula is C16H9Cl2F2N2O4S. The number of hydrogen-bond acceptors (Lipinski definition) is 6. The molecular weight excluding hydrogens is 425 g/mol. The SMILES string of the molecule is COc1cccc(Cl)c1S(=O)(=O)c1[c]ccc(-c2noc(C(F)(F)Cl)n2)c1. The Bertz CT molecular complexity index is 1100. The van der Waals surface area contributed by atoms with Gasteiger partial charge in [0.1, 0.15) is 10.6 Å². The molecule has 1 aromatic heterocycles. The normalized spacial score (nSPS) is 12.2. The van der Waals surface area contributed by atoms with Crippen molar-refractivity contribution in [2.24, 2.45) is 0 Å². The molecule has 0 atom stereocenters. The van der Waals surface area contributed by atoms with Gasteiger partial charge in [0.15, 0.2) is 0 Å². The fourth-order valence-electron chi connectivity index (χ4n) is 2.22. The maximum absolute atomic E-state index is 13.0. The van der Waals surface area contributed by atoms with Gasteiger partial charge in [-0.15, -0.1) is 0 Å². The molecule has 141 valence electrons. The van der Waals surface area contributed by atoms with Gasteiger partial charge < -0.3 is 9.26 Å². The van der Waals surface area contributed by atoms with Crippen molar-refractivity contribution in [3.05, 3.63) is 53.4 Å². The van der Waals surface area contributed by atoms with Gasteiger partial charge >= 0.3 is 11.3 Å². The van der Waals surface area contributed by atoms with Crippen LogP contribution in [0.5, 0.6) is 5.75 Å². The number of rotatable bonds is 5. The van der Waals surface area contributed by atoms with Crippen LogP contribution in [-0.2, 0) is 15.2 Å². The van der Waals surface area contributed by atoms with Gasteiger partial charge in [0.2, 0.25) is 15.7 Å². The molecule has 0 aliphatic carbocycles. The number of methoxy groups -OCH3 is 1. The maximum atomic E-state index is 13.0. The molecule has 0 unspecified atom stereocenters. The predicted octanol–water partition coefficient (Wildman–Crippen LogP) is 4.32. The second-order valence-electron chi connectivity index (χ2n) is 5.14. The van der Waals surface area contributed by atoms with Crippen molar-refractivity contribution in [2.45, 2.75) is 15.2 Å². The summed E-state index contributed by atoms with van der Waals surface area (Å²) in [5, 5.41) is -0.496. The van der Waals surface area contributed by atoms with Crippen LogP contribution in [0.25, 0.3) is 11.4 Å². The molecule has 0 amide bonds. The zero-order chi connectivity index (χ0) is 19.8. The fraction of sp³-hybridized carbons (Fsp3) is 0.125. The Balaban J connectivity index is 2.10. The second kappa shape index (κ2) is 7.06. The smallest absolute Gasteiger partial charge is 0.400 e. The van der Waals surface area contributed by atoms with Crippen LogP contribution in [0.3, 0.4) is 0 Å². The highest BCUT2D eigenvalue weighted by molar-refractivity contribution is 7.91. The fourth-order valence-corrected chi connectivity index (χ4v) is 4.23. The van der Waals surface area contributed by atoms with Crippen molar-refractivity contribution in [1.29, 1.82) is 0 Å². The van der Waals surface area contributed by atoms with Gasteiger partial charge in [-0.3, -0.25) is 0 Å². The van der Waals surface area contributed by atoms with E-state index in [1.54, 1.807) is 0 Å². The van der Waals surface area contributed by atoms with Crippen LogP contribution in [0.4, 0.5) is 8.78 Å². The van der Waals surface area contributed by atoms with Gasteiger partial charge in [-0.1, -0.05) is 35.0 Å². The molecule has 27 heavy (non-hydrogen) atoms. The highest BCUT2D eigenvalue weighted by Crippen LogP contribution is 2.36. The Morgan fingerprint density at radius 2 is 2.04 bits per heavy atom. The topological polar surface area (TPSA) is 82.3 Å². The molecule has 6 nitrogen and oxygen atoms in total. The predicted molar refractivity (Wildman–Crippen MR) is 91.8 cm³/mol. The Hall–Kier alpha value is -2.23. The number of halogens is 4. The number of aromatic nitrogens is 2. The quantitative estimate of drug-likeness (QED) is 0.557. The van der Waals surface area contributed by atoms with E-state index in [0.29, 0.717) is 0 Å². The largest absolute Gasteiger partial charge is 0.495 e. The van der Waals surface area contributed by atoms with E-state index in [1.807, 2.05) is 0 Å². The van der Waals surface area contributed by atoms with Crippen LogP contribution < -0.4 is 4.74 Å². The lowest BCUT2D eigenvalue weighted by Gasteiger charge is -2.11. The Kier molecular flexibility index (Phi) is 5.11. The van der Waals surface area contributed by atoms with Crippen molar-refractivity contribution in [1.82, 2.24) is 10.1 Å². The van der Waals surface area contributed by atoms with Crippen LogP contribution in [0.2, 0.25) is 5.02 Å². The minimum atomic E-state index is -4.14. The summed E-state index contributed by atoms with van der Waals surface area (Å²) in [7, 11) is -2.83. The van der Waals surface area contributed by atoms with Crippen molar-refractivity contribution < 1.29 is 26.5 Å². The van der Waals surface area contributed by atoms with Crippen LogP contribution in [0.15, 0.2) is 50.7 Å². The highest BCUT2D eigenvalue weighted by atomic mass is 35.5. The molecule has 11 heteroatoms. The van der Waals surface area contributed by atoms with Gasteiger partial charge in [-0.2, -0.15) is 13.8 Å². The molecule has 3 aromatic rings. The summed E-state index contributed by atoms with van der Waals surface area (Å²) in [5.74, 6) is -1.32. The van der Waals surface area contributed by atoms with Crippen molar-refractivity contribution in [2.75, 3.05) is 7.11 Å². The lowest BCUT2D eigenvalue weighted by molar-refractivity contribution is 0.0551. The molecule has 0 fully saturated rings. The Labute approximate surface area is 162 Å². The number of benzene rings is 2. The molecule has 1 heterocycles. The van der Waals surface area contributed by atoms with E-state index < -0.39 is 21.1 Å². The van der Waals surface area contributed by atoms with E-state index in [4.69, 9.17) is 27.9 Å². The van der Waals surface area contributed by atoms with Crippen LogP contribution in [-0.4, -0.2) is 25.7 Å². The lowest BCUT2D eigenvalue weighted by Crippen LogP contribution is -2.06. The molecule has 3 rings (SSSR count). The molecule has 2 aromatic carbocycles. The Morgan fingerprint density at radius 1 is 1.30 bits per heavy atom. The molecule has 0 spiro atoms. The van der Waals surface area contributed by atoms with Gasteiger partial charge in [0, 0.05) is 11.6 Å². The van der Waals surface area contributed by atoms with E-state index in [9.17, 15) is 17.2 Å². The van der Waals surface area contributed by atoms with Crippen molar-refractivity contribution in [3.63, 3.8) is 0 Å². The highest BCUT2D eigenvalue weighted by Gasteiger charge is 2.36. The van der Waals surface area contributed by atoms with Crippen molar-refractivity contribution >= 4 is 33.0 Å². The molecule has 0 saturated heterocycles. The molecule has 0 bridgehead atoms. The van der Waals surface area contributed by atoms with E-state index in [0.717, 1.165) is 6.07 Å². The molecule has 1 radical (unpaired) electrons. The number of alkyl halides is 3. The number of nitrogens with zero attached hydrogens (tertiary/aromatic N) is 2. The standard InChI is InChI=1S/C16H9Cl2F2N2O4S/c1-25-12-7-3-6-11(17)13(12)27(23,24)10-5-2-4-9(8-10)14-21-15(26-22-14)16(18,19)20/h2-4,6-8H,1H3. The summed E-state index contributed by atoms with van der Waals surface area (Å²) < 4.78 is 61.5. The zero-order valence-electron chi connectivity index (χ0n) is 13.4. The van der Waals surface area contributed by atoms with E-state index in [-0.39, 0.29) is 32.0 Å². The summed E-state index contributed by atoms with van der Waals surface area (Å²) in [6.45, 7) is 0. The molecule has 0 aliphatic heterocycles. The van der Waals surface area contributed by atoms with Crippen molar-refractivity contribution in [3.8, 4) is 17.1 Å². The number of ether oxygens (including phenoxy) is 1. The number of sulfone groups is 1. The van der Waals surface area contributed by atoms with Gasteiger partial charge in [0.05, 0.1) is 17.0 Å². The second-order valence-corrected chi connectivity index (χ2v) is 7.87. The minimum Gasteiger partial charge on any atom is -0.495 e. The van der Waals surface area contributed by atoms with Crippen LogP contribution in [0.1, 0.15) is 5.89 Å². The Morgan fingerprint density at radius 3 is 2.67 bits per heavy atom. The minimum absolute atomic E-state index is 0.0446. The third-order valence-electron chi connectivity index (χ3n) is 3.41.